The van der Waals surface area contributed by atoms with E-state index in [9.17, 15) is 9.59 Å². The van der Waals surface area contributed by atoms with Crippen LogP contribution in [0, 0.1) is 23.7 Å². The van der Waals surface area contributed by atoms with Gasteiger partial charge in [-0.25, -0.2) is 4.98 Å². The number of anilines is 1. The molecule has 0 N–H and O–H groups in total. The number of benzene rings is 1. The Kier molecular flexibility index (Phi) is 2.46. The quantitative estimate of drug-likeness (QED) is 0.632. The predicted octanol–water partition coefficient (Wildman–Crippen LogP) is 2.65. The Bertz CT molecular complexity index is 792. The molecule has 2 bridgehead atoms. The van der Waals surface area contributed by atoms with Gasteiger partial charge in [-0.15, -0.1) is 0 Å². The summed E-state index contributed by atoms with van der Waals surface area (Å²) >= 11 is 0. The van der Waals surface area contributed by atoms with Crippen LogP contribution in [0.1, 0.15) is 6.42 Å². The van der Waals surface area contributed by atoms with Crippen LogP contribution in [0.3, 0.4) is 0 Å². The van der Waals surface area contributed by atoms with E-state index in [2.05, 4.69) is 17.1 Å². The molecule has 5 heteroatoms. The highest BCUT2D eigenvalue weighted by atomic mass is 16.3. The molecule has 0 radical (unpaired) electrons. The fourth-order valence-electron chi connectivity index (χ4n) is 4.29. The molecule has 2 aromatic rings. The summed E-state index contributed by atoms with van der Waals surface area (Å²) in [6, 6.07) is 7.28. The number of carbonyl (C=O) groups is 2. The fourth-order valence-corrected chi connectivity index (χ4v) is 4.29. The van der Waals surface area contributed by atoms with Gasteiger partial charge in [0, 0.05) is 5.56 Å². The molecule has 0 spiro atoms. The van der Waals surface area contributed by atoms with Gasteiger partial charge in [-0.2, -0.15) is 0 Å². The first-order valence-corrected chi connectivity index (χ1v) is 7.79. The molecule has 4 atom stereocenters. The summed E-state index contributed by atoms with van der Waals surface area (Å²) in [6.07, 6.45) is 8.17. The van der Waals surface area contributed by atoms with Crippen LogP contribution < -0.4 is 4.90 Å². The number of imide groups is 1. The summed E-state index contributed by atoms with van der Waals surface area (Å²) in [5.74, 6) is 0.709. The molecule has 2 fully saturated rings. The van der Waals surface area contributed by atoms with Gasteiger partial charge < -0.3 is 4.42 Å². The topological polar surface area (TPSA) is 63.4 Å². The van der Waals surface area contributed by atoms with Crippen LogP contribution in [0.4, 0.5) is 5.69 Å². The third-order valence-electron chi connectivity index (χ3n) is 5.31. The number of rotatable bonds is 2. The molecule has 1 aromatic carbocycles. The Morgan fingerprint density at radius 1 is 1.00 bits per heavy atom. The molecule has 114 valence electrons. The van der Waals surface area contributed by atoms with Crippen molar-refractivity contribution in [3.05, 3.63) is 49.0 Å². The number of hydrogen-bond donors (Lipinski definition) is 0. The predicted molar refractivity (Wildman–Crippen MR) is 82.1 cm³/mol. The maximum atomic E-state index is 12.7. The molecular weight excluding hydrogens is 292 g/mol. The Morgan fingerprint density at radius 2 is 1.65 bits per heavy atom. The van der Waals surface area contributed by atoms with Crippen molar-refractivity contribution in [2.75, 3.05) is 4.90 Å². The van der Waals surface area contributed by atoms with Crippen LogP contribution >= 0.6 is 0 Å². The maximum Gasteiger partial charge on any atom is 0.238 e. The van der Waals surface area contributed by atoms with Crippen molar-refractivity contribution in [1.82, 2.24) is 4.98 Å². The second kappa shape index (κ2) is 4.41. The Hall–Kier alpha value is -2.69. The van der Waals surface area contributed by atoms with E-state index in [0.29, 0.717) is 11.4 Å². The van der Waals surface area contributed by atoms with Gasteiger partial charge in [-0.05, 0) is 42.5 Å². The molecule has 1 saturated carbocycles. The standard InChI is InChI=1S/C18H14N2O3/c21-17-15-11-1-2-12(7-11)16(15)18(22)20(17)13-5-3-10(4-6-13)14-8-19-9-23-14/h1-6,8-9,11-12,15-16H,7H2/t11-,12+,15+,16-. The van der Waals surface area contributed by atoms with Crippen molar-refractivity contribution in [2.24, 2.45) is 23.7 Å². The number of amides is 2. The first kappa shape index (κ1) is 12.8. The average molecular weight is 306 g/mol. The second-order valence-electron chi connectivity index (χ2n) is 6.42. The zero-order valence-corrected chi connectivity index (χ0v) is 12.3. The number of fused-ring (bicyclic) bond motifs is 5. The molecule has 1 aromatic heterocycles. The monoisotopic (exact) mass is 306 g/mol. The number of nitrogens with zero attached hydrogens (tertiary/aromatic N) is 2. The van der Waals surface area contributed by atoms with Crippen molar-refractivity contribution in [2.45, 2.75) is 6.42 Å². The van der Waals surface area contributed by atoms with E-state index in [0.717, 1.165) is 12.0 Å². The normalized spacial score (nSPS) is 31.2. The van der Waals surface area contributed by atoms with Gasteiger partial charge in [0.05, 0.1) is 23.7 Å². The summed E-state index contributed by atoms with van der Waals surface area (Å²) in [4.78, 5) is 30.7. The van der Waals surface area contributed by atoms with Crippen LogP contribution in [0.25, 0.3) is 11.3 Å². The summed E-state index contributed by atoms with van der Waals surface area (Å²) in [6.45, 7) is 0. The SMILES string of the molecule is O=C1[C@@H]2[C@H](C(=O)N1c1ccc(-c3cnco3)cc1)[C@H]1C=C[C@@H]2C1. The Balaban J connectivity index is 1.49. The van der Waals surface area contributed by atoms with Crippen LogP contribution in [0.5, 0.6) is 0 Å². The van der Waals surface area contributed by atoms with Gasteiger partial charge in [0.15, 0.2) is 12.2 Å². The smallest absolute Gasteiger partial charge is 0.238 e. The lowest BCUT2D eigenvalue weighted by Crippen LogP contribution is -2.32. The van der Waals surface area contributed by atoms with Gasteiger partial charge in [0.25, 0.3) is 0 Å². The molecule has 3 aliphatic rings. The lowest BCUT2D eigenvalue weighted by atomic mass is 9.85. The first-order chi connectivity index (χ1) is 11.2. The van der Waals surface area contributed by atoms with Crippen LogP contribution in [0.2, 0.25) is 0 Å². The van der Waals surface area contributed by atoms with Crippen molar-refractivity contribution >= 4 is 17.5 Å². The summed E-state index contributed by atoms with van der Waals surface area (Å²) < 4.78 is 5.26. The zero-order valence-electron chi connectivity index (χ0n) is 12.3. The van der Waals surface area contributed by atoms with Gasteiger partial charge >= 0.3 is 0 Å². The molecule has 2 heterocycles. The van der Waals surface area contributed by atoms with Crippen molar-refractivity contribution in [3.8, 4) is 11.3 Å². The van der Waals surface area contributed by atoms with E-state index in [1.165, 1.54) is 11.3 Å². The highest BCUT2D eigenvalue weighted by Gasteiger charge is 2.59. The highest BCUT2D eigenvalue weighted by Crippen LogP contribution is 2.53. The fraction of sp³-hybridized carbons (Fsp3) is 0.278. The first-order valence-electron chi connectivity index (χ1n) is 7.79. The largest absolute Gasteiger partial charge is 0.444 e. The van der Waals surface area contributed by atoms with E-state index < -0.39 is 0 Å². The molecule has 5 rings (SSSR count). The Morgan fingerprint density at radius 3 is 2.22 bits per heavy atom. The average Bonchev–Trinajstić information content (AvgIpc) is 3.33. The summed E-state index contributed by atoms with van der Waals surface area (Å²) in [5, 5.41) is 0. The number of hydrogen-bond acceptors (Lipinski definition) is 4. The van der Waals surface area contributed by atoms with E-state index in [1.54, 1.807) is 18.3 Å². The number of oxazole rings is 1. The van der Waals surface area contributed by atoms with Crippen LogP contribution in [-0.4, -0.2) is 16.8 Å². The summed E-state index contributed by atoms with van der Waals surface area (Å²) in [7, 11) is 0. The maximum absolute atomic E-state index is 12.7. The lowest BCUT2D eigenvalue weighted by molar-refractivity contribution is -0.123. The number of allylic oxidation sites excluding steroid dienone is 2. The second-order valence-corrected chi connectivity index (χ2v) is 6.42. The molecule has 1 saturated heterocycles. The number of aromatic nitrogens is 1. The van der Waals surface area contributed by atoms with Crippen LogP contribution in [-0.2, 0) is 9.59 Å². The molecular formula is C18H14N2O3. The molecule has 5 nitrogen and oxygen atoms in total. The third kappa shape index (κ3) is 1.64. The highest BCUT2D eigenvalue weighted by molar-refractivity contribution is 6.22. The van der Waals surface area contributed by atoms with E-state index in [-0.39, 0.29) is 35.5 Å². The van der Waals surface area contributed by atoms with Crippen LogP contribution in [0.15, 0.2) is 53.4 Å². The van der Waals surface area contributed by atoms with Gasteiger partial charge in [-0.3, -0.25) is 14.5 Å². The Labute approximate surface area is 132 Å². The third-order valence-corrected chi connectivity index (χ3v) is 5.31. The van der Waals surface area contributed by atoms with E-state index in [4.69, 9.17) is 4.42 Å². The molecule has 0 unspecified atom stereocenters. The molecule has 2 aliphatic carbocycles. The molecule has 1 aliphatic heterocycles. The van der Waals surface area contributed by atoms with Gasteiger partial charge in [0.2, 0.25) is 11.8 Å². The zero-order chi connectivity index (χ0) is 15.6. The lowest BCUT2D eigenvalue weighted by Gasteiger charge is -2.17. The van der Waals surface area contributed by atoms with E-state index >= 15 is 0 Å². The van der Waals surface area contributed by atoms with Gasteiger partial charge in [-0.1, -0.05) is 12.2 Å². The molecule has 23 heavy (non-hydrogen) atoms. The molecule has 2 amide bonds. The minimum Gasteiger partial charge on any atom is -0.444 e. The van der Waals surface area contributed by atoms with Crippen molar-refractivity contribution in [1.29, 1.82) is 0 Å². The van der Waals surface area contributed by atoms with Gasteiger partial charge in [0.1, 0.15) is 0 Å². The summed E-state index contributed by atoms with van der Waals surface area (Å²) in [5.41, 5.74) is 1.50. The van der Waals surface area contributed by atoms with Crippen molar-refractivity contribution in [3.63, 3.8) is 0 Å². The minimum absolute atomic E-state index is 0.0516. The minimum atomic E-state index is -0.161. The number of carbonyl (C=O) groups excluding carboxylic acids is 2. The van der Waals surface area contributed by atoms with E-state index in [1.807, 2.05) is 12.1 Å². The van der Waals surface area contributed by atoms with Crippen molar-refractivity contribution < 1.29 is 14.0 Å².